The largest absolute Gasteiger partial charge is 0.508 e. The molecule has 0 saturated carbocycles. The average molecular weight is 462 g/mol. The summed E-state index contributed by atoms with van der Waals surface area (Å²) < 4.78 is 5.48. The molecule has 1 aromatic carbocycles. The SMILES string of the molecule is C.CNC(=O)c1cc(SC)c2nc(-c3ccc(O)cc3Cl)nc(N3CCOCC3)c2n1. The van der Waals surface area contributed by atoms with Gasteiger partial charge in [0, 0.05) is 30.6 Å². The molecule has 3 heterocycles. The first-order valence-corrected chi connectivity index (χ1v) is 10.9. The summed E-state index contributed by atoms with van der Waals surface area (Å²) in [7, 11) is 1.57. The standard InChI is InChI=1S/C20H20ClN5O3S.CH4/c1-22-20(28)14-10-15(30-2)16-17(23-14)19(26-5-7-29-8-6-26)25-18(24-16)12-4-3-11(27)9-13(12)21;/h3-4,9-10,27H,5-8H2,1-2H3,(H,22,28);1H4. The highest BCUT2D eigenvalue weighted by molar-refractivity contribution is 7.98. The number of phenols is 1. The van der Waals surface area contributed by atoms with Crippen LogP contribution in [0, 0.1) is 0 Å². The number of phenolic OH excluding ortho intramolecular Hbond substituents is 1. The van der Waals surface area contributed by atoms with Gasteiger partial charge in [0.2, 0.25) is 0 Å². The van der Waals surface area contributed by atoms with Crippen molar-refractivity contribution < 1.29 is 14.6 Å². The third-order valence-corrected chi connectivity index (χ3v) is 5.85. The number of carbonyl (C=O) groups is 1. The number of aromatic hydroxyl groups is 1. The minimum Gasteiger partial charge on any atom is -0.508 e. The number of fused-ring (bicyclic) bond motifs is 1. The molecule has 1 aliphatic heterocycles. The van der Waals surface area contributed by atoms with Crippen LogP contribution < -0.4 is 10.2 Å². The Morgan fingerprint density at radius 2 is 1.94 bits per heavy atom. The first-order valence-electron chi connectivity index (χ1n) is 9.32. The number of carbonyl (C=O) groups excluding carboxylic acids is 1. The zero-order valence-corrected chi connectivity index (χ0v) is 18.0. The number of benzene rings is 1. The van der Waals surface area contributed by atoms with Crippen LogP contribution in [-0.4, -0.2) is 65.6 Å². The van der Waals surface area contributed by atoms with Gasteiger partial charge in [0.1, 0.15) is 22.5 Å². The fourth-order valence-electron chi connectivity index (χ4n) is 3.26. The molecule has 2 N–H and O–H groups in total. The molecule has 0 atom stereocenters. The van der Waals surface area contributed by atoms with Crippen molar-refractivity contribution in [3.8, 4) is 17.1 Å². The van der Waals surface area contributed by atoms with E-state index in [1.165, 1.54) is 17.8 Å². The van der Waals surface area contributed by atoms with Crippen molar-refractivity contribution in [1.82, 2.24) is 20.3 Å². The molecule has 0 radical (unpaired) electrons. The Bertz CT molecular complexity index is 1120. The maximum Gasteiger partial charge on any atom is 0.269 e. The lowest BCUT2D eigenvalue weighted by molar-refractivity contribution is 0.0958. The molecule has 1 aliphatic rings. The number of nitrogens with zero attached hydrogens (tertiary/aromatic N) is 4. The highest BCUT2D eigenvalue weighted by atomic mass is 35.5. The van der Waals surface area contributed by atoms with Crippen molar-refractivity contribution in [2.75, 3.05) is 44.5 Å². The lowest BCUT2D eigenvalue weighted by Crippen LogP contribution is -2.37. The van der Waals surface area contributed by atoms with Crippen LogP contribution in [0.4, 0.5) is 5.82 Å². The molecule has 164 valence electrons. The van der Waals surface area contributed by atoms with E-state index in [4.69, 9.17) is 26.3 Å². The molecule has 0 aliphatic carbocycles. The van der Waals surface area contributed by atoms with Crippen molar-refractivity contribution in [1.29, 1.82) is 0 Å². The summed E-state index contributed by atoms with van der Waals surface area (Å²) in [6.07, 6.45) is 1.92. The van der Waals surface area contributed by atoms with Crippen LogP contribution in [0.15, 0.2) is 29.2 Å². The maximum absolute atomic E-state index is 12.3. The van der Waals surface area contributed by atoms with E-state index in [0.717, 1.165) is 4.90 Å². The third kappa shape index (κ3) is 4.53. The quantitative estimate of drug-likeness (QED) is 0.568. The van der Waals surface area contributed by atoms with Gasteiger partial charge >= 0.3 is 0 Å². The summed E-state index contributed by atoms with van der Waals surface area (Å²) in [4.78, 5) is 29.3. The zero-order chi connectivity index (χ0) is 21.3. The smallest absolute Gasteiger partial charge is 0.269 e. The molecule has 2 aromatic heterocycles. The molecule has 1 amide bonds. The second-order valence-corrected chi connectivity index (χ2v) is 7.88. The van der Waals surface area contributed by atoms with Crippen molar-refractivity contribution in [3.63, 3.8) is 0 Å². The molecule has 1 fully saturated rings. The predicted molar refractivity (Wildman–Crippen MR) is 124 cm³/mol. The second-order valence-electron chi connectivity index (χ2n) is 6.62. The van der Waals surface area contributed by atoms with Crippen LogP contribution in [0.1, 0.15) is 17.9 Å². The highest BCUT2D eigenvalue weighted by Gasteiger charge is 2.23. The summed E-state index contributed by atoms with van der Waals surface area (Å²) in [5.41, 5.74) is 2.11. The fourth-order valence-corrected chi connectivity index (χ4v) is 4.09. The number of rotatable bonds is 4. The van der Waals surface area contributed by atoms with Crippen LogP contribution in [0.3, 0.4) is 0 Å². The van der Waals surface area contributed by atoms with E-state index in [9.17, 15) is 9.90 Å². The van der Waals surface area contributed by atoms with Crippen LogP contribution in [-0.2, 0) is 4.74 Å². The van der Waals surface area contributed by atoms with Gasteiger partial charge in [0.15, 0.2) is 11.6 Å². The molecule has 31 heavy (non-hydrogen) atoms. The topological polar surface area (TPSA) is 100 Å². The van der Waals surface area contributed by atoms with Crippen molar-refractivity contribution in [3.05, 3.63) is 35.0 Å². The number of hydrogen-bond donors (Lipinski definition) is 2. The van der Waals surface area contributed by atoms with Gasteiger partial charge in [0.25, 0.3) is 5.91 Å². The van der Waals surface area contributed by atoms with E-state index in [-0.39, 0.29) is 19.1 Å². The van der Waals surface area contributed by atoms with Crippen molar-refractivity contribution >= 4 is 46.1 Å². The Morgan fingerprint density at radius 3 is 2.58 bits per heavy atom. The molecule has 10 heteroatoms. The van der Waals surface area contributed by atoms with Crippen LogP contribution in [0.5, 0.6) is 5.75 Å². The first-order chi connectivity index (χ1) is 14.5. The molecule has 0 spiro atoms. The van der Waals surface area contributed by atoms with Gasteiger partial charge in [-0.15, -0.1) is 11.8 Å². The average Bonchev–Trinajstić information content (AvgIpc) is 2.77. The summed E-state index contributed by atoms with van der Waals surface area (Å²) in [6.45, 7) is 2.45. The number of halogens is 1. The first kappa shape index (κ1) is 23.1. The number of aromatic nitrogens is 3. The summed E-state index contributed by atoms with van der Waals surface area (Å²) in [6, 6.07) is 6.42. The van der Waals surface area contributed by atoms with Crippen LogP contribution >= 0.6 is 23.4 Å². The Morgan fingerprint density at radius 1 is 1.19 bits per heavy atom. The second kappa shape index (κ2) is 9.67. The Hall–Kier alpha value is -2.62. The minimum absolute atomic E-state index is 0. The molecule has 4 rings (SSSR count). The normalized spacial score (nSPS) is 13.7. The lowest BCUT2D eigenvalue weighted by Gasteiger charge is -2.29. The van der Waals surface area contributed by atoms with Gasteiger partial charge in [-0.05, 0) is 30.5 Å². The molecule has 1 saturated heterocycles. The van der Waals surface area contributed by atoms with E-state index in [1.807, 2.05) is 6.26 Å². The molecule has 3 aromatic rings. The molecule has 0 bridgehead atoms. The van der Waals surface area contributed by atoms with Gasteiger partial charge in [-0.1, -0.05) is 19.0 Å². The Labute approximate surface area is 190 Å². The molecular weight excluding hydrogens is 438 g/mol. The van der Waals surface area contributed by atoms with Gasteiger partial charge < -0.3 is 20.1 Å². The number of pyridine rings is 1. The molecule has 8 nitrogen and oxygen atoms in total. The Kier molecular flexibility index (Phi) is 7.19. The number of anilines is 1. The zero-order valence-electron chi connectivity index (χ0n) is 16.5. The van der Waals surface area contributed by atoms with E-state index in [2.05, 4.69) is 15.2 Å². The number of nitrogens with one attached hydrogen (secondary N) is 1. The van der Waals surface area contributed by atoms with Gasteiger partial charge in [-0.3, -0.25) is 4.79 Å². The molecule has 0 unspecified atom stereocenters. The van der Waals surface area contributed by atoms with E-state index in [1.54, 1.807) is 25.2 Å². The van der Waals surface area contributed by atoms with Crippen LogP contribution in [0.25, 0.3) is 22.4 Å². The van der Waals surface area contributed by atoms with Crippen molar-refractivity contribution in [2.24, 2.45) is 0 Å². The fraction of sp³-hybridized carbons (Fsp3) is 0.333. The molecular formula is C21H24ClN5O3S. The monoisotopic (exact) mass is 461 g/mol. The van der Waals surface area contributed by atoms with Crippen molar-refractivity contribution in [2.45, 2.75) is 12.3 Å². The number of amides is 1. The lowest BCUT2D eigenvalue weighted by atomic mass is 10.2. The number of thioether (sulfide) groups is 1. The maximum atomic E-state index is 12.3. The van der Waals surface area contributed by atoms with E-state index >= 15 is 0 Å². The summed E-state index contributed by atoms with van der Waals surface area (Å²) in [5.74, 6) is 0.854. The van der Waals surface area contributed by atoms with Gasteiger partial charge in [-0.2, -0.15) is 0 Å². The number of ether oxygens (including phenoxy) is 1. The Balaban J connectivity index is 0.00000272. The number of morpholine rings is 1. The van der Waals surface area contributed by atoms with E-state index < -0.39 is 0 Å². The summed E-state index contributed by atoms with van der Waals surface area (Å²) in [5, 5.41) is 12.7. The van der Waals surface area contributed by atoms with Crippen LogP contribution in [0.2, 0.25) is 5.02 Å². The van der Waals surface area contributed by atoms with Gasteiger partial charge in [-0.25, -0.2) is 15.0 Å². The summed E-state index contributed by atoms with van der Waals surface area (Å²) >= 11 is 7.85. The predicted octanol–water partition coefficient (Wildman–Crippen LogP) is 3.61. The highest BCUT2D eigenvalue weighted by Crippen LogP contribution is 2.35. The number of hydrogen-bond acceptors (Lipinski definition) is 8. The third-order valence-electron chi connectivity index (χ3n) is 4.78. The van der Waals surface area contributed by atoms with E-state index in [0.29, 0.717) is 65.3 Å². The van der Waals surface area contributed by atoms with Gasteiger partial charge in [0.05, 0.1) is 18.2 Å². The minimum atomic E-state index is -0.272.